The molecule has 1 atom stereocenters. The largest absolute Gasteiger partial charge is 0.331 e. The van der Waals surface area contributed by atoms with Crippen molar-refractivity contribution in [3.8, 4) is 0 Å². The molecule has 2 nitrogen and oxygen atoms in total. The van der Waals surface area contributed by atoms with Crippen LogP contribution in [0.3, 0.4) is 0 Å². The molecule has 0 bridgehead atoms. The molecule has 3 rings (SSSR count). The third-order valence-electron chi connectivity index (χ3n) is 3.53. The van der Waals surface area contributed by atoms with Crippen LogP contribution in [0.5, 0.6) is 0 Å². The van der Waals surface area contributed by atoms with Gasteiger partial charge in [0.25, 0.3) is 5.91 Å². The Hall–Kier alpha value is -0.650. The summed E-state index contributed by atoms with van der Waals surface area (Å²) >= 11 is 6.75. The van der Waals surface area contributed by atoms with E-state index in [4.69, 9.17) is 0 Å². The van der Waals surface area contributed by atoms with Crippen LogP contribution in [0.1, 0.15) is 39.5 Å². The molecule has 2 aromatic heterocycles. The maximum atomic E-state index is 12.6. The zero-order valence-corrected chi connectivity index (χ0v) is 13.8. The Labute approximate surface area is 129 Å². The number of hydrogen-bond donors (Lipinski definition) is 0. The molecule has 19 heavy (non-hydrogen) atoms. The number of carbonyl (C=O) groups is 1. The Kier molecular flexibility index (Phi) is 3.78. The molecule has 0 saturated heterocycles. The highest BCUT2D eigenvalue weighted by atomic mass is 79.9. The quantitative estimate of drug-likeness (QED) is 0.762. The van der Waals surface area contributed by atoms with Crippen molar-refractivity contribution in [3.63, 3.8) is 0 Å². The van der Waals surface area contributed by atoms with Crippen LogP contribution in [0.25, 0.3) is 0 Å². The van der Waals surface area contributed by atoms with Crippen LogP contribution in [-0.2, 0) is 6.42 Å². The van der Waals surface area contributed by atoms with Gasteiger partial charge < -0.3 is 4.90 Å². The Bertz CT molecular complexity index is 604. The average molecular weight is 356 g/mol. The summed E-state index contributed by atoms with van der Waals surface area (Å²) in [5.41, 5.74) is 1.35. The third kappa shape index (κ3) is 2.39. The number of carbonyl (C=O) groups excluding carboxylic acids is 1. The lowest BCUT2D eigenvalue weighted by Gasteiger charge is -2.35. The molecule has 0 fully saturated rings. The van der Waals surface area contributed by atoms with E-state index in [0.29, 0.717) is 0 Å². The minimum absolute atomic E-state index is 0.166. The van der Waals surface area contributed by atoms with Crippen molar-refractivity contribution in [2.45, 2.75) is 25.8 Å². The van der Waals surface area contributed by atoms with Crippen molar-refractivity contribution in [1.29, 1.82) is 0 Å². The van der Waals surface area contributed by atoms with Crippen LogP contribution in [0, 0.1) is 0 Å². The van der Waals surface area contributed by atoms with Crippen molar-refractivity contribution >= 4 is 44.5 Å². The number of amides is 1. The van der Waals surface area contributed by atoms with Crippen LogP contribution in [0.4, 0.5) is 0 Å². The van der Waals surface area contributed by atoms with E-state index < -0.39 is 0 Å². The van der Waals surface area contributed by atoms with E-state index in [-0.39, 0.29) is 11.9 Å². The van der Waals surface area contributed by atoms with Gasteiger partial charge in [0.1, 0.15) is 0 Å². The molecule has 3 heterocycles. The van der Waals surface area contributed by atoms with Gasteiger partial charge in [0.2, 0.25) is 0 Å². The highest BCUT2D eigenvalue weighted by Crippen LogP contribution is 2.36. The molecule has 1 aliphatic heterocycles. The Morgan fingerprint density at radius 1 is 1.47 bits per heavy atom. The van der Waals surface area contributed by atoms with Gasteiger partial charge in [0, 0.05) is 11.4 Å². The predicted molar refractivity (Wildman–Crippen MR) is 84.1 cm³/mol. The first-order valence-corrected chi connectivity index (χ1v) is 8.82. The Morgan fingerprint density at radius 3 is 3.00 bits per heavy atom. The van der Waals surface area contributed by atoms with Gasteiger partial charge in [-0.25, -0.2) is 0 Å². The monoisotopic (exact) mass is 355 g/mol. The first kappa shape index (κ1) is 13.3. The van der Waals surface area contributed by atoms with Crippen LogP contribution in [0.2, 0.25) is 0 Å². The number of hydrogen-bond acceptors (Lipinski definition) is 3. The number of thiophene rings is 2. The fraction of sp³-hybridized carbons (Fsp3) is 0.357. The summed E-state index contributed by atoms with van der Waals surface area (Å²) in [7, 11) is 0. The summed E-state index contributed by atoms with van der Waals surface area (Å²) in [4.78, 5) is 16.9. The molecule has 1 amide bonds. The summed E-state index contributed by atoms with van der Waals surface area (Å²) in [5, 5.41) is 2.14. The van der Waals surface area contributed by atoms with E-state index in [1.807, 2.05) is 28.4 Å². The van der Waals surface area contributed by atoms with Crippen LogP contribution >= 0.6 is 38.6 Å². The molecule has 0 spiro atoms. The lowest BCUT2D eigenvalue weighted by molar-refractivity contribution is 0.0662. The van der Waals surface area contributed by atoms with Gasteiger partial charge in [-0.1, -0.05) is 6.92 Å². The molecule has 0 N–H and O–H groups in total. The van der Waals surface area contributed by atoms with Gasteiger partial charge >= 0.3 is 0 Å². The number of nitrogens with zero attached hydrogens (tertiary/aromatic N) is 1. The lowest BCUT2D eigenvalue weighted by atomic mass is 9.97. The second-order valence-corrected chi connectivity index (χ2v) is 8.04. The van der Waals surface area contributed by atoms with Crippen molar-refractivity contribution in [2.75, 3.05) is 6.54 Å². The number of fused-ring (bicyclic) bond motifs is 1. The van der Waals surface area contributed by atoms with E-state index >= 15 is 0 Å². The topological polar surface area (TPSA) is 20.3 Å². The standard InChI is InChI=1S/C14H14BrNOS2/c1-2-10-9-6-8-18-11(9)5-7-16(10)14(17)12-3-4-13(15)19-12/h3-4,6,8,10H,2,5,7H2,1H3/t10-/m1/s1. The van der Waals surface area contributed by atoms with Crippen LogP contribution in [-0.4, -0.2) is 17.4 Å². The molecule has 0 aliphatic carbocycles. The predicted octanol–water partition coefficient (Wildman–Crippen LogP) is 4.72. The first-order chi connectivity index (χ1) is 9.20. The van der Waals surface area contributed by atoms with E-state index in [1.54, 1.807) is 0 Å². The first-order valence-electron chi connectivity index (χ1n) is 6.33. The molecule has 2 aromatic rings. The SMILES string of the molecule is CC[C@@H]1c2ccsc2CCN1C(=O)c1ccc(Br)s1. The Morgan fingerprint density at radius 2 is 2.32 bits per heavy atom. The van der Waals surface area contributed by atoms with Gasteiger partial charge in [-0.3, -0.25) is 4.79 Å². The summed E-state index contributed by atoms with van der Waals surface area (Å²) < 4.78 is 1.01. The highest BCUT2D eigenvalue weighted by Gasteiger charge is 2.31. The Balaban J connectivity index is 1.91. The molecule has 0 aromatic carbocycles. The maximum Gasteiger partial charge on any atom is 0.264 e. The van der Waals surface area contributed by atoms with E-state index in [0.717, 1.165) is 28.0 Å². The smallest absolute Gasteiger partial charge is 0.264 e. The van der Waals surface area contributed by atoms with E-state index in [2.05, 4.69) is 34.3 Å². The van der Waals surface area contributed by atoms with Crippen molar-refractivity contribution in [2.24, 2.45) is 0 Å². The average Bonchev–Trinajstić information content (AvgIpc) is 3.04. The summed E-state index contributed by atoms with van der Waals surface area (Å²) in [6.07, 6.45) is 1.96. The van der Waals surface area contributed by atoms with Gasteiger partial charge in [-0.15, -0.1) is 22.7 Å². The zero-order chi connectivity index (χ0) is 13.4. The van der Waals surface area contributed by atoms with Crippen molar-refractivity contribution in [3.05, 3.63) is 42.7 Å². The minimum atomic E-state index is 0.166. The van der Waals surface area contributed by atoms with E-state index in [9.17, 15) is 4.79 Å². The molecule has 0 radical (unpaired) electrons. The van der Waals surface area contributed by atoms with Crippen molar-refractivity contribution in [1.82, 2.24) is 4.90 Å². The van der Waals surface area contributed by atoms with Gasteiger partial charge in [-0.2, -0.15) is 0 Å². The molecule has 0 unspecified atom stereocenters. The van der Waals surface area contributed by atoms with Crippen molar-refractivity contribution < 1.29 is 4.79 Å². The molecular weight excluding hydrogens is 342 g/mol. The van der Waals surface area contributed by atoms with Crippen LogP contribution in [0.15, 0.2) is 27.4 Å². The normalized spacial score (nSPS) is 18.4. The molecule has 0 saturated carbocycles. The zero-order valence-electron chi connectivity index (χ0n) is 10.6. The fourth-order valence-corrected chi connectivity index (χ4v) is 4.92. The maximum absolute atomic E-state index is 12.6. The van der Waals surface area contributed by atoms with Gasteiger partial charge in [0.05, 0.1) is 14.7 Å². The van der Waals surface area contributed by atoms with Gasteiger partial charge in [0.15, 0.2) is 0 Å². The molecular formula is C14H14BrNOS2. The minimum Gasteiger partial charge on any atom is -0.331 e. The summed E-state index contributed by atoms with van der Waals surface area (Å²) in [6.45, 7) is 2.99. The third-order valence-corrected chi connectivity index (χ3v) is 6.13. The van der Waals surface area contributed by atoms with Crippen LogP contribution < -0.4 is 0 Å². The molecule has 1 aliphatic rings. The lowest BCUT2D eigenvalue weighted by Crippen LogP contribution is -2.38. The second-order valence-electron chi connectivity index (χ2n) is 4.58. The summed E-state index contributed by atoms with van der Waals surface area (Å²) in [6, 6.07) is 6.27. The van der Waals surface area contributed by atoms with E-state index in [1.165, 1.54) is 21.8 Å². The second kappa shape index (κ2) is 5.38. The molecule has 5 heteroatoms. The molecule has 100 valence electrons. The number of halogens is 1. The number of rotatable bonds is 2. The highest BCUT2D eigenvalue weighted by molar-refractivity contribution is 9.11. The summed E-state index contributed by atoms with van der Waals surface area (Å²) in [5.74, 6) is 0.166. The van der Waals surface area contributed by atoms with Gasteiger partial charge in [-0.05, 0) is 57.9 Å². The fourth-order valence-electron chi connectivity index (χ4n) is 2.65.